The molecule has 3 nitrogen and oxygen atoms in total. The van der Waals surface area contributed by atoms with Gasteiger partial charge in [-0.2, -0.15) is 18.4 Å². The number of hydrogen-bond acceptors (Lipinski definition) is 2. The van der Waals surface area contributed by atoms with Gasteiger partial charge in [0, 0.05) is 22.3 Å². The van der Waals surface area contributed by atoms with Crippen LogP contribution in [0.1, 0.15) is 31.1 Å². The number of nitriles is 1. The van der Waals surface area contributed by atoms with Crippen molar-refractivity contribution in [2.45, 2.75) is 26.1 Å². The Labute approximate surface area is 128 Å². The van der Waals surface area contributed by atoms with Gasteiger partial charge in [0.15, 0.2) is 5.69 Å². The van der Waals surface area contributed by atoms with Gasteiger partial charge >= 0.3 is 6.18 Å². The first-order valence-electron chi connectivity index (χ1n) is 6.10. The molecule has 1 heterocycles. The number of aromatic nitrogens is 2. The second kappa shape index (κ2) is 5.53. The lowest BCUT2D eigenvalue weighted by Gasteiger charge is -2.11. The van der Waals surface area contributed by atoms with Crippen LogP contribution in [0.4, 0.5) is 13.2 Å². The topological polar surface area (TPSA) is 41.6 Å². The first kappa shape index (κ1) is 15.6. The fourth-order valence-electron chi connectivity index (χ4n) is 1.88. The molecule has 0 radical (unpaired) electrons. The van der Waals surface area contributed by atoms with E-state index in [2.05, 4.69) is 20.9 Å². The zero-order valence-electron chi connectivity index (χ0n) is 11.2. The maximum absolute atomic E-state index is 12.8. The summed E-state index contributed by atoms with van der Waals surface area (Å²) >= 11 is 3.23. The van der Waals surface area contributed by atoms with Crippen molar-refractivity contribution in [3.8, 4) is 17.5 Å². The molecule has 0 spiro atoms. The Balaban J connectivity index is 2.60. The number of rotatable bonds is 2. The molecule has 1 aromatic heterocycles. The third-order valence-corrected chi connectivity index (χ3v) is 3.58. The van der Waals surface area contributed by atoms with Crippen molar-refractivity contribution < 1.29 is 13.2 Å². The summed E-state index contributed by atoms with van der Waals surface area (Å²) in [6, 6.07) is 6.55. The van der Waals surface area contributed by atoms with Gasteiger partial charge in [-0.15, -0.1) is 0 Å². The Morgan fingerprint density at radius 1 is 1.33 bits per heavy atom. The van der Waals surface area contributed by atoms with E-state index >= 15 is 0 Å². The molecule has 110 valence electrons. The smallest absolute Gasteiger partial charge is 0.328 e. The first-order chi connectivity index (χ1) is 9.74. The minimum Gasteiger partial charge on any atom is -0.328 e. The summed E-state index contributed by atoms with van der Waals surface area (Å²) in [5.74, 6) is 0.225. The summed E-state index contributed by atoms with van der Waals surface area (Å²) in [5, 5.41) is 8.88. The Morgan fingerprint density at radius 3 is 2.48 bits per heavy atom. The van der Waals surface area contributed by atoms with E-state index in [0.29, 0.717) is 15.6 Å². The predicted octanol–water partition coefficient (Wildman–Crippen LogP) is 4.78. The lowest BCUT2D eigenvalue weighted by molar-refractivity contribution is -0.140. The second-order valence-corrected chi connectivity index (χ2v) is 5.61. The van der Waals surface area contributed by atoms with Crippen molar-refractivity contribution in [1.82, 2.24) is 9.55 Å². The monoisotopic (exact) mass is 357 g/mol. The summed E-state index contributed by atoms with van der Waals surface area (Å²) < 4.78 is 40.5. The van der Waals surface area contributed by atoms with Gasteiger partial charge in [0.2, 0.25) is 0 Å². The van der Waals surface area contributed by atoms with E-state index in [1.165, 1.54) is 4.57 Å². The van der Waals surface area contributed by atoms with E-state index in [1.807, 2.05) is 6.07 Å². The third-order valence-electron chi connectivity index (χ3n) is 2.93. The van der Waals surface area contributed by atoms with Crippen LogP contribution in [0.15, 0.2) is 28.9 Å². The number of alkyl halides is 3. The van der Waals surface area contributed by atoms with Gasteiger partial charge in [-0.3, -0.25) is 0 Å². The van der Waals surface area contributed by atoms with E-state index < -0.39 is 11.9 Å². The molecule has 21 heavy (non-hydrogen) atoms. The quantitative estimate of drug-likeness (QED) is 0.775. The lowest BCUT2D eigenvalue weighted by atomic mass is 10.1. The number of hydrogen-bond donors (Lipinski definition) is 0. The average molecular weight is 358 g/mol. The molecule has 0 saturated carbocycles. The summed E-state index contributed by atoms with van der Waals surface area (Å²) in [5.41, 5.74) is 0.00852. The highest BCUT2D eigenvalue weighted by atomic mass is 79.9. The number of benzene rings is 1. The van der Waals surface area contributed by atoms with E-state index in [1.54, 1.807) is 32.0 Å². The van der Waals surface area contributed by atoms with Crippen LogP contribution in [0.3, 0.4) is 0 Å². The molecule has 1 aromatic carbocycles. The number of imidazole rings is 1. The van der Waals surface area contributed by atoms with Gasteiger partial charge < -0.3 is 4.57 Å². The largest absolute Gasteiger partial charge is 0.434 e. The summed E-state index contributed by atoms with van der Waals surface area (Å²) in [6.45, 7) is 3.56. The van der Waals surface area contributed by atoms with Crippen molar-refractivity contribution in [2.75, 3.05) is 0 Å². The maximum Gasteiger partial charge on any atom is 0.434 e. The van der Waals surface area contributed by atoms with Crippen LogP contribution in [-0.2, 0) is 6.18 Å². The molecule has 0 bridgehead atoms. The maximum atomic E-state index is 12.8. The molecule has 0 fully saturated rings. The van der Waals surface area contributed by atoms with E-state index in [-0.39, 0.29) is 11.9 Å². The van der Waals surface area contributed by atoms with Gasteiger partial charge in [0.1, 0.15) is 11.9 Å². The Morgan fingerprint density at radius 2 is 2.00 bits per heavy atom. The molecule has 0 aliphatic carbocycles. The SMILES string of the molecule is CC(C)n1cc(C(F)(F)F)nc1-c1ccc(C#N)c(Br)c1. The summed E-state index contributed by atoms with van der Waals surface area (Å²) in [6.07, 6.45) is -3.48. The lowest BCUT2D eigenvalue weighted by Crippen LogP contribution is -2.05. The van der Waals surface area contributed by atoms with Crippen LogP contribution in [-0.4, -0.2) is 9.55 Å². The normalized spacial score (nSPS) is 11.7. The Kier molecular flexibility index (Phi) is 4.10. The first-order valence-corrected chi connectivity index (χ1v) is 6.89. The van der Waals surface area contributed by atoms with Crippen LogP contribution in [0.5, 0.6) is 0 Å². The van der Waals surface area contributed by atoms with Gasteiger partial charge in [0.05, 0.1) is 5.56 Å². The molecule has 0 unspecified atom stereocenters. The summed E-state index contributed by atoms with van der Waals surface area (Å²) in [7, 11) is 0. The van der Waals surface area contributed by atoms with E-state index in [9.17, 15) is 13.2 Å². The van der Waals surface area contributed by atoms with E-state index in [0.717, 1.165) is 6.20 Å². The van der Waals surface area contributed by atoms with Crippen LogP contribution in [0, 0.1) is 11.3 Å². The van der Waals surface area contributed by atoms with Crippen LogP contribution < -0.4 is 0 Å². The predicted molar refractivity (Wildman–Crippen MR) is 75.5 cm³/mol. The van der Waals surface area contributed by atoms with E-state index in [4.69, 9.17) is 5.26 Å². The highest BCUT2D eigenvalue weighted by molar-refractivity contribution is 9.10. The van der Waals surface area contributed by atoms with Crippen LogP contribution in [0.25, 0.3) is 11.4 Å². The molecule has 2 rings (SSSR count). The minimum atomic E-state index is -4.49. The standard InChI is InChI=1S/C14H11BrF3N3/c1-8(2)21-7-12(14(16,17)18)20-13(21)9-3-4-10(6-19)11(15)5-9/h3-5,7-8H,1-2H3. The molecule has 2 aromatic rings. The molecule has 7 heteroatoms. The zero-order valence-corrected chi connectivity index (χ0v) is 12.8. The minimum absolute atomic E-state index is 0.169. The number of halogens is 4. The van der Waals surface area contributed by atoms with Crippen LogP contribution >= 0.6 is 15.9 Å². The highest BCUT2D eigenvalue weighted by Crippen LogP contribution is 2.33. The fourth-order valence-corrected chi connectivity index (χ4v) is 2.35. The van der Waals surface area contributed by atoms with Crippen molar-refractivity contribution >= 4 is 15.9 Å². The zero-order chi connectivity index (χ0) is 15.8. The molecular formula is C14H11BrF3N3. The molecule has 0 aliphatic heterocycles. The van der Waals surface area contributed by atoms with Gasteiger partial charge in [-0.25, -0.2) is 4.98 Å². The molecule has 0 N–H and O–H groups in total. The van der Waals surface area contributed by atoms with Crippen molar-refractivity contribution in [3.05, 3.63) is 40.1 Å². The van der Waals surface area contributed by atoms with Gasteiger partial charge in [-0.05, 0) is 48.0 Å². The molecule has 0 amide bonds. The van der Waals surface area contributed by atoms with Crippen molar-refractivity contribution in [2.24, 2.45) is 0 Å². The Bertz CT molecular complexity index is 711. The van der Waals surface area contributed by atoms with Gasteiger partial charge in [-0.1, -0.05) is 0 Å². The molecular weight excluding hydrogens is 347 g/mol. The van der Waals surface area contributed by atoms with Crippen molar-refractivity contribution in [1.29, 1.82) is 5.26 Å². The molecule has 0 atom stereocenters. The summed E-state index contributed by atoms with van der Waals surface area (Å²) in [4.78, 5) is 3.70. The second-order valence-electron chi connectivity index (χ2n) is 4.75. The molecule has 0 saturated heterocycles. The number of nitrogens with zero attached hydrogens (tertiary/aromatic N) is 3. The van der Waals surface area contributed by atoms with Crippen LogP contribution in [0.2, 0.25) is 0 Å². The van der Waals surface area contributed by atoms with Gasteiger partial charge in [0.25, 0.3) is 0 Å². The Hall–Kier alpha value is -1.81. The third kappa shape index (κ3) is 3.10. The average Bonchev–Trinajstić information content (AvgIpc) is 2.83. The van der Waals surface area contributed by atoms with Crippen molar-refractivity contribution in [3.63, 3.8) is 0 Å². The highest BCUT2D eigenvalue weighted by Gasteiger charge is 2.35. The fraction of sp³-hybridized carbons (Fsp3) is 0.286. The molecule has 0 aliphatic rings.